The monoisotopic (exact) mass is 575 g/mol. The van der Waals surface area contributed by atoms with E-state index in [0.717, 1.165) is 39.8 Å². The van der Waals surface area contributed by atoms with Crippen LogP contribution in [0, 0.1) is 0 Å². The van der Waals surface area contributed by atoms with Gasteiger partial charge in [0.2, 0.25) is 0 Å². The predicted octanol–water partition coefficient (Wildman–Crippen LogP) is 5.10. The molecule has 33 heavy (non-hydrogen) atoms. The van der Waals surface area contributed by atoms with E-state index >= 15 is 0 Å². The third-order valence-electron chi connectivity index (χ3n) is 5.08. The first kappa shape index (κ1) is 25.1. The van der Waals surface area contributed by atoms with Gasteiger partial charge in [0.05, 0.1) is 15.6 Å². The number of allylic oxidation sites excluding steroid dienone is 2. The van der Waals surface area contributed by atoms with Gasteiger partial charge < -0.3 is 20.2 Å². The molecule has 1 aliphatic heterocycles. The molecule has 1 aliphatic rings. The van der Waals surface area contributed by atoms with Crippen molar-refractivity contribution >= 4 is 43.5 Å². The van der Waals surface area contributed by atoms with Gasteiger partial charge in [-0.05, 0) is 80.2 Å². The number of carbonyl (C=O) groups is 1. The van der Waals surface area contributed by atoms with Gasteiger partial charge in [0.25, 0.3) is 5.91 Å². The van der Waals surface area contributed by atoms with Crippen LogP contribution in [0.15, 0.2) is 81.0 Å². The second-order valence-electron chi connectivity index (χ2n) is 7.57. The van der Waals surface area contributed by atoms with Gasteiger partial charge in [-0.1, -0.05) is 47.6 Å². The molecule has 0 aliphatic carbocycles. The van der Waals surface area contributed by atoms with Gasteiger partial charge in [-0.2, -0.15) is 0 Å². The van der Waals surface area contributed by atoms with Crippen LogP contribution in [0.4, 0.5) is 0 Å². The Morgan fingerprint density at radius 2 is 1.88 bits per heavy atom. The van der Waals surface area contributed by atoms with E-state index < -0.39 is 0 Å². The Morgan fingerprint density at radius 1 is 1.12 bits per heavy atom. The number of nitrogens with one attached hydrogen (secondary N) is 1. The molecule has 0 saturated carbocycles. The molecular weight excluding hydrogens is 550 g/mol. The summed E-state index contributed by atoms with van der Waals surface area (Å²) in [6, 6.07) is 13.6. The lowest BCUT2D eigenvalue weighted by Crippen LogP contribution is -2.33. The molecule has 1 heterocycles. The van der Waals surface area contributed by atoms with Crippen molar-refractivity contribution < 1.29 is 14.7 Å². The van der Waals surface area contributed by atoms with Crippen molar-refractivity contribution in [3.05, 3.63) is 87.0 Å². The van der Waals surface area contributed by atoms with E-state index in [1.807, 2.05) is 30.3 Å². The summed E-state index contributed by atoms with van der Waals surface area (Å²) in [5, 5.41) is 15.1. The fraction of sp³-hybridized carbons (Fsp3) is 0.280. The lowest BCUT2D eigenvalue weighted by atomic mass is 10.1. The minimum Gasteiger partial charge on any atom is -0.491 e. The summed E-state index contributed by atoms with van der Waals surface area (Å²) in [4.78, 5) is 14.5. The molecule has 2 aromatic rings. The van der Waals surface area contributed by atoms with Crippen LogP contribution >= 0.6 is 31.9 Å². The minimum absolute atomic E-state index is 0.0827. The van der Waals surface area contributed by atoms with Gasteiger partial charge in [0, 0.05) is 26.1 Å². The molecule has 0 saturated heterocycles. The van der Waals surface area contributed by atoms with Crippen LogP contribution in [-0.4, -0.2) is 48.0 Å². The number of oxime groups is 1. The number of benzene rings is 2. The van der Waals surface area contributed by atoms with E-state index in [1.165, 1.54) is 5.56 Å². The highest BCUT2D eigenvalue weighted by molar-refractivity contribution is 9.11. The van der Waals surface area contributed by atoms with Crippen molar-refractivity contribution in [2.45, 2.75) is 19.3 Å². The standard InChI is InChI=1S/C25H27Br2N3O3/c26-21-16-20(10-14-30-12-5-2-6-13-30)17-22(27)24(21)33-15-7-11-28-25(31)23(29-32)18-19-8-3-1-4-9-19/h1-6,8-9,12,16-17,32H,7,10-11,13-15,18H2,(H,28,31). The Bertz CT molecular complexity index is 1000. The number of amides is 1. The molecule has 0 fully saturated rings. The molecule has 0 atom stereocenters. The molecule has 2 N–H and O–H groups in total. The molecular formula is C25H27Br2N3O3. The summed E-state index contributed by atoms with van der Waals surface area (Å²) in [5.41, 5.74) is 2.20. The van der Waals surface area contributed by atoms with Crippen LogP contribution in [0.1, 0.15) is 17.5 Å². The minimum atomic E-state index is -0.382. The predicted molar refractivity (Wildman–Crippen MR) is 138 cm³/mol. The van der Waals surface area contributed by atoms with E-state index in [1.54, 1.807) is 0 Å². The van der Waals surface area contributed by atoms with Crippen molar-refractivity contribution in [2.75, 3.05) is 26.2 Å². The number of halogens is 2. The first-order valence-electron chi connectivity index (χ1n) is 10.8. The van der Waals surface area contributed by atoms with Gasteiger partial charge in [0.1, 0.15) is 11.5 Å². The van der Waals surface area contributed by atoms with E-state index in [2.05, 4.69) is 83.8 Å². The van der Waals surface area contributed by atoms with Crippen LogP contribution in [0.2, 0.25) is 0 Å². The van der Waals surface area contributed by atoms with E-state index in [9.17, 15) is 10.0 Å². The Kier molecular flexibility index (Phi) is 10.0. The molecule has 0 bridgehead atoms. The van der Waals surface area contributed by atoms with Crippen molar-refractivity contribution in [1.29, 1.82) is 0 Å². The molecule has 6 nitrogen and oxygen atoms in total. The lowest BCUT2D eigenvalue weighted by Gasteiger charge is -2.20. The number of nitrogens with zero attached hydrogens (tertiary/aromatic N) is 2. The maximum atomic E-state index is 12.3. The van der Waals surface area contributed by atoms with Crippen LogP contribution in [0.5, 0.6) is 5.75 Å². The first-order valence-corrected chi connectivity index (χ1v) is 12.4. The molecule has 0 unspecified atom stereocenters. The normalized spacial score (nSPS) is 13.3. The summed E-state index contributed by atoms with van der Waals surface area (Å²) in [6.07, 6.45) is 10.2. The third kappa shape index (κ3) is 8.05. The second kappa shape index (κ2) is 13.2. The SMILES string of the molecule is O=C(NCCCOc1c(Br)cc(CCN2C=CC=CC2)cc1Br)C(Cc1ccccc1)=NO. The van der Waals surface area contributed by atoms with Crippen LogP contribution < -0.4 is 10.1 Å². The third-order valence-corrected chi connectivity index (χ3v) is 6.26. The van der Waals surface area contributed by atoms with E-state index in [-0.39, 0.29) is 18.0 Å². The zero-order valence-electron chi connectivity index (χ0n) is 18.2. The number of rotatable bonds is 11. The second-order valence-corrected chi connectivity index (χ2v) is 9.28. The smallest absolute Gasteiger partial charge is 0.269 e. The zero-order valence-corrected chi connectivity index (χ0v) is 21.4. The topological polar surface area (TPSA) is 74.2 Å². The van der Waals surface area contributed by atoms with Gasteiger partial charge in [-0.3, -0.25) is 4.79 Å². The highest BCUT2D eigenvalue weighted by Crippen LogP contribution is 2.35. The summed E-state index contributed by atoms with van der Waals surface area (Å²) in [7, 11) is 0. The Balaban J connectivity index is 1.41. The Morgan fingerprint density at radius 3 is 2.55 bits per heavy atom. The summed E-state index contributed by atoms with van der Waals surface area (Å²) < 4.78 is 7.71. The summed E-state index contributed by atoms with van der Waals surface area (Å²) >= 11 is 7.22. The summed E-state index contributed by atoms with van der Waals surface area (Å²) in [5.74, 6) is 0.361. The average Bonchev–Trinajstić information content (AvgIpc) is 2.83. The maximum Gasteiger partial charge on any atom is 0.269 e. The molecule has 3 rings (SSSR count). The molecule has 0 aromatic heterocycles. The fourth-order valence-electron chi connectivity index (χ4n) is 3.34. The van der Waals surface area contributed by atoms with E-state index in [4.69, 9.17) is 4.74 Å². The molecule has 2 aromatic carbocycles. The zero-order chi connectivity index (χ0) is 23.5. The van der Waals surface area contributed by atoms with Gasteiger partial charge in [0.15, 0.2) is 0 Å². The number of hydrogen-bond donors (Lipinski definition) is 2. The van der Waals surface area contributed by atoms with Crippen LogP contribution in [0.25, 0.3) is 0 Å². The molecule has 8 heteroatoms. The molecule has 0 spiro atoms. The van der Waals surface area contributed by atoms with Crippen molar-refractivity contribution in [2.24, 2.45) is 5.16 Å². The summed E-state index contributed by atoms with van der Waals surface area (Å²) in [6.45, 7) is 2.74. The van der Waals surface area contributed by atoms with Crippen molar-refractivity contribution in [3.63, 3.8) is 0 Å². The highest BCUT2D eigenvalue weighted by Gasteiger charge is 2.13. The van der Waals surface area contributed by atoms with Gasteiger partial charge in [-0.25, -0.2) is 0 Å². The Hall–Kier alpha value is -2.58. The molecule has 1 amide bonds. The quantitative estimate of drug-likeness (QED) is 0.169. The largest absolute Gasteiger partial charge is 0.491 e. The number of ether oxygens (including phenoxy) is 1. The van der Waals surface area contributed by atoms with Gasteiger partial charge in [-0.15, -0.1) is 0 Å². The van der Waals surface area contributed by atoms with Crippen molar-refractivity contribution in [3.8, 4) is 5.75 Å². The lowest BCUT2D eigenvalue weighted by molar-refractivity contribution is -0.115. The average molecular weight is 577 g/mol. The number of carbonyl (C=O) groups excluding carboxylic acids is 1. The Labute approximate surface area is 211 Å². The molecule has 174 valence electrons. The van der Waals surface area contributed by atoms with Crippen LogP contribution in [-0.2, 0) is 17.6 Å². The van der Waals surface area contributed by atoms with Crippen molar-refractivity contribution in [1.82, 2.24) is 10.2 Å². The highest BCUT2D eigenvalue weighted by atomic mass is 79.9. The first-order chi connectivity index (χ1) is 16.1. The van der Waals surface area contributed by atoms with E-state index in [0.29, 0.717) is 19.6 Å². The van der Waals surface area contributed by atoms with Gasteiger partial charge >= 0.3 is 0 Å². The molecule has 0 radical (unpaired) electrons. The number of hydrogen-bond acceptors (Lipinski definition) is 5. The fourth-order valence-corrected chi connectivity index (χ4v) is 4.85. The van der Waals surface area contributed by atoms with Crippen LogP contribution in [0.3, 0.4) is 0 Å². The maximum absolute atomic E-state index is 12.3.